The van der Waals surface area contributed by atoms with E-state index in [1.807, 2.05) is 0 Å². The van der Waals surface area contributed by atoms with Crippen molar-refractivity contribution in [3.05, 3.63) is 27.8 Å². The highest BCUT2D eigenvalue weighted by Gasteiger charge is 2.48. The van der Waals surface area contributed by atoms with Gasteiger partial charge in [0, 0.05) is 10.6 Å². The molecule has 1 fully saturated rings. The fraction of sp³-hybridized carbons (Fsp3) is 0.462. The normalized spacial score (nSPS) is 17.6. The van der Waals surface area contributed by atoms with Gasteiger partial charge >= 0.3 is 5.97 Å². The van der Waals surface area contributed by atoms with E-state index in [0.29, 0.717) is 34.6 Å². The van der Waals surface area contributed by atoms with E-state index in [1.165, 1.54) is 0 Å². The molecule has 0 aromatic heterocycles. The van der Waals surface area contributed by atoms with Crippen molar-refractivity contribution in [1.82, 2.24) is 0 Å². The van der Waals surface area contributed by atoms with Gasteiger partial charge < -0.3 is 10.2 Å². The van der Waals surface area contributed by atoms with Crippen LogP contribution in [0.1, 0.15) is 36.0 Å². The summed E-state index contributed by atoms with van der Waals surface area (Å²) in [5, 5.41) is 20.1. The smallest absolute Gasteiger partial charge is 0.314 e. The number of aromatic hydroxyl groups is 1. The molecule has 92 valence electrons. The maximum atomic E-state index is 11.5. The molecule has 4 heteroatoms. The average Bonchev–Trinajstić information content (AvgIpc) is 2.18. The van der Waals surface area contributed by atoms with Crippen molar-refractivity contribution >= 4 is 17.6 Å². The maximum absolute atomic E-state index is 11.5. The third kappa shape index (κ3) is 1.61. The molecular formula is C13H15ClO3. The molecule has 2 rings (SSSR count). The minimum Gasteiger partial charge on any atom is -0.507 e. The van der Waals surface area contributed by atoms with Crippen molar-refractivity contribution in [3.63, 3.8) is 0 Å². The Labute approximate surface area is 105 Å². The molecule has 0 aliphatic heterocycles. The van der Waals surface area contributed by atoms with Crippen molar-refractivity contribution < 1.29 is 15.0 Å². The minimum absolute atomic E-state index is 0.0778. The summed E-state index contributed by atoms with van der Waals surface area (Å²) >= 11 is 6.08. The number of phenolic OH excluding ortho intramolecular Hbond substituents is 1. The molecule has 3 nitrogen and oxygen atoms in total. The van der Waals surface area contributed by atoms with Gasteiger partial charge in [0.1, 0.15) is 5.75 Å². The number of benzene rings is 1. The molecule has 17 heavy (non-hydrogen) atoms. The van der Waals surface area contributed by atoms with Gasteiger partial charge in [0.2, 0.25) is 0 Å². The fourth-order valence-electron chi connectivity index (χ4n) is 2.55. The summed E-state index contributed by atoms with van der Waals surface area (Å²) in [6.07, 6.45) is 2.00. The van der Waals surface area contributed by atoms with Crippen LogP contribution < -0.4 is 0 Å². The largest absolute Gasteiger partial charge is 0.507 e. The van der Waals surface area contributed by atoms with Crippen molar-refractivity contribution in [1.29, 1.82) is 0 Å². The highest BCUT2D eigenvalue weighted by Crippen LogP contribution is 2.50. The average molecular weight is 255 g/mol. The molecule has 0 saturated heterocycles. The number of hydrogen-bond donors (Lipinski definition) is 2. The molecule has 1 saturated carbocycles. The Morgan fingerprint density at radius 1 is 1.41 bits per heavy atom. The third-order valence-corrected chi connectivity index (χ3v) is 4.17. The molecule has 0 amide bonds. The first kappa shape index (κ1) is 12.2. The van der Waals surface area contributed by atoms with E-state index in [9.17, 15) is 15.0 Å². The van der Waals surface area contributed by atoms with E-state index in [1.54, 1.807) is 19.9 Å². The zero-order valence-corrected chi connectivity index (χ0v) is 10.6. The minimum atomic E-state index is -0.941. The molecule has 1 aliphatic rings. The van der Waals surface area contributed by atoms with Gasteiger partial charge in [-0.1, -0.05) is 18.0 Å². The fourth-order valence-corrected chi connectivity index (χ4v) is 2.81. The molecule has 0 atom stereocenters. The zero-order valence-electron chi connectivity index (χ0n) is 9.88. The van der Waals surface area contributed by atoms with Gasteiger partial charge in [-0.05, 0) is 43.9 Å². The van der Waals surface area contributed by atoms with Crippen molar-refractivity contribution in [2.45, 2.75) is 38.5 Å². The molecule has 0 radical (unpaired) electrons. The summed E-state index contributed by atoms with van der Waals surface area (Å²) in [5.74, 6) is -0.794. The molecule has 0 unspecified atom stereocenters. The van der Waals surface area contributed by atoms with Gasteiger partial charge in [-0.3, -0.25) is 4.79 Å². The second-order valence-corrected chi connectivity index (χ2v) is 5.17. The molecule has 0 bridgehead atoms. The first-order chi connectivity index (χ1) is 7.90. The van der Waals surface area contributed by atoms with Gasteiger partial charge in [0.15, 0.2) is 0 Å². The zero-order chi connectivity index (χ0) is 12.8. The van der Waals surface area contributed by atoms with Crippen LogP contribution in [0.3, 0.4) is 0 Å². The molecular weight excluding hydrogens is 240 g/mol. The summed E-state index contributed by atoms with van der Waals surface area (Å²) in [5.41, 5.74) is 0.866. The Balaban J connectivity index is 2.70. The SMILES string of the molecule is Cc1cc(Cl)c(C)c(C2(C(=O)O)CCC2)c1O. The molecule has 0 heterocycles. The number of aryl methyl sites for hydroxylation is 1. The van der Waals surface area contributed by atoms with Crippen LogP contribution in [0.15, 0.2) is 6.07 Å². The number of carboxylic acids is 1. The maximum Gasteiger partial charge on any atom is 0.314 e. The number of carbonyl (C=O) groups is 1. The predicted octanol–water partition coefficient (Wildman–Crippen LogP) is 3.17. The lowest BCUT2D eigenvalue weighted by Gasteiger charge is -2.39. The quantitative estimate of drug-likeness (QED) is 0.852. The second kappa shape index (κ2) is 3.91. The van der Waals surface area contributed by atoms with Crippen LogP contribution in [0.25, 0.3) is 0 Å². The van der Waals surface area contributed by atoms with Gasteiger partial charge in [0.05, 0.1) is 5.41 Å². The highest BCUT2D eigenvalue weighted by atomic mass is 35.5. The van der Waals surface area contributed by atoms with Crippen molar-refractivity contribution in [2.75, 3.05) is 0 Å². The van der Waals surface area contributed by atoms with Gasteiger partial charge in [-0.25, -0.2) is 0 Å². The Bertz CT molecular complexity index is 464. The predicted molar refractivity (Wildman–Crippen MR) is 65.8 cm³/mol. The Kier molecular flexibility index (Phi) is 2.82. The summed E-state index contributed by atoms with van der Waals surface area (Å²) < 4.78 is 0. The molecule has 1 aromatic carbocycles. The standard InChI is InChI=1S/C13H15ClO3/c1-7-6-9(14)8(2)10(11(7)15)13(12(16)17)4-3-5-13/h6,15H,3-5H2,1-2H3,(H,16,17). The first-order valence-electron chi connectivity index (χ1n) is 5.62. The summed E-state index contributed by atoms with van der Waals surface area (Å²) in [4.78, 5) is 11.5. The van der Waals surface area contributed by atoms with Gasteiger partial charge in [-0.2, -0.15) is 0 Å². The van der Waals surface area contributed by atoms with E-state index < -0.39 is 11.4 Å². The number of phenols is 1. The topological polar surface area (TPSA) is 57.5 Å². The van der Waals surface area contributed by atoms with E-state index >= 15 is 0 Å². The van der Waals surface area contributed by atoms with Crippen LogP contribution in [0.5, 0.6) is 5.75 Å². The summed E-state index contributed by atoms with van der Waals surface area (Å²) in [6, 6.07) is 1.67. The molecule has 2 N–H and O–H groups in total. The monoisotopic (exact) mass is 254 g/mol. The first-order valence-corrected chi connectivity index (χ1v) is 6.00. The number of hydrogen-bond acceptors (Lipinski definition) is 2. The molecule has 0 spiro atoms. The van der Waals surface area contributed by atoms with Crippen LogP contribution in [0.4, 0.5) is 0 Å². The van der Waals surface area contributed by atoms with E-state index in [2.05, 4.69) is 0 Å². The van der Waals surface area contributed by atoms with E-state index in [4.69, 9.17) is 11.6 Å². The Morgan fingerprint density at radius 3 is 2.41 bits per heavy atom. The van der Waals surface area contributed by atoms with Crippen LogP contribution in [0.2, 0.25) is 5.02 Å². The number of halogens is 1. The van der Waals surface area contributed by atoms with Crippen LogP contribution in [0, 0.1) is 13.8 Å². The van der Waals surface area contributed by atoms with Gasteiger partial charge in [0.25, 0.3) is 0 Å². The second-order valence-electron chi connectivity index (χ2n) is 4.76. The lowest BCUT2D eigenvalue weighted by atomic mass is 9.63. The highest BCUT2D eigenvalue weighted by molar-refractivity contribution is 6.31. The molecule has 1 aromatic rings. The lowest BCUT2D eigenvalue weighted by molar-refractivity contribution is -0.147. The molecule has 1 aliphatic carbocycles. The van der Waals surface area contributed by atoms with E-state index in [0.717, 1.165) is 6.42 Å². The van der Waals surface area contributed by atoms with Crippen molar-refractivity contribution in [2.24, 2.45) is 0 Å². The number of aliphatic carboxylic acids is 1. The number of rotatable bonds is 2. The van der Waals surface area contributed by atoms with E-state index in [-0.39, 0.29) is 5.75 Å². The Hall–Kier alpha value is -1.22. The number of carboxylic acid groups (broad SMARTS) is 1. The van der Waals surface area contributed by atoms with Gasteiger partial charge in [-0.15, -0.1) is 0 Å². The van der Waals surface area contributed by atoms with Crippen LogP contribution in [-0.2, 0) is 10.2 Å². The lowest BCUT2D eigenvalue weighted by Crippen LogP contribution is -2.43. The Morgan fingerprint density at radius 2 is 2.00 bits per heavy atom. The van der Waals surface area contributed by atoms with Crippen LogP contribution in [-0.4, -0.2) is 16.2 Å². The summed E-state index contributed by atoms with van der Waals surface area (Å²) in [7, 11) is 0. The van der Waals surface area contributed by atoms with Crippen molar-refractivity contribution in [3.8, 4) is 5.75 Å². The third-order valence-electron chi connectivity index (χ3n) is 3.78. The summed E-state index contributed by atoms with van der Waals surface area (Å²) in [6.45, 7) is 3.50. The van der Waals surface area contributed by atoms with Crippen LogP contribution >= 0.6 is 11.6 Å².